The Kier molecular flexibility index (Phi) is 1.83. The van der Waals surface area contributed by atoms with E-state index in [9.17, 15) is 0 Å². The number of nitrogens with zero attached hydrogens (tertiary/aromatic N) is 1. The van der Waals surface area contributed by atoms with Crippen LogP contribution in [0.2, 0.25) is 0 Å². The fraction of sp³-hybridized carbons (Fsp3) is 0.0833. The van der Waals surface area contributed by atoms with Crippen LogP contribution in [0.4, 0.5) is 0 Å². The second-order valence-electron chi connectivity index (χ2n) is 3.61. The Balaban J connectivity index is 2.55. The normalized spacial score (nSPS) is 11.3. The van der Waals surface area contributed by atoms with Gasteiger partial charge < -0.3 is 4.42 Å². The Morgan fingerprint density at radius 2 is 2.07 bits per heavy atom. The minimum atomic E-state index is 0.693. The minimum Gasteiger partial charge on any atom is -0.438 e. The van der Waals surface area contributed by atoms with E-state index in [4.69, 9.17) is 4.42 Å². The standard InChI is InChI=1S/C12H8BrNO/c1-7-2-3-11-9(4-7)10-5-8(13)6-14-12(10)15-11/h2-6H,1H3. The van der Waals surface area contributed by atoms with Gasteiger partial charge in [-0.05, 0) is 41.1 Å². The van der Waals surface area contributed by atoms with Gasteiger partial charge in [-0.1, -0.05) is 11.6 Å². The molecule has 0 bridgehead atoms. The highest BCUT2D eigenvalue weighted by atomic mass is 79.9. The fourth-order valence-corrected chi connectivity index (χ4v) is 2.08. The maximum atomic E-state index is 5.63. The average Bonchev–Trinajstić information content (AvgIpc) is 2.56. The zero-order chi connectivity index (χ0) is 10.4. The molecule has 0 unspecified atom stereocenters. The predicted octanol–water partition coefficient (Wildman–Crippen LogP) is 4.05. The summed E-state index contributed by atoms with van der Waals surface area (Å²) in [6.07, 6.45) is 1.75. The van der Waals surface area contributed by atoms with Gasteiger partial charge >= 0.3 is 0 Å². The van der Waals surface area contributed by atoms with Crippen molar-refractivity contribution in [3.05, 3.63) is 40.5 Å². The molecule has 74 valence electrons. The minimum absolute atomic E-state index is 0.693. The Morgan fingerprint density at radius 3 is 2.93 bits per heavy atom. The summed E-state index contributed by atoms with van der Waals surface area (Å²) in [6, 6.07) is 8.18. The molecule has 2 nitrogen and oxygen atoms in total. The van der Waals surface area contributed by atoms with Gasteiger partial charge in [0.2, 0.25) is 5.71 Å². The summed E-state index contributed by atoms with van der Waals surface area (Å²) in [5.74, 6) is 0. The van der Waals surface area contributed by atoms with Crippen molar-refractivity contribution in [2.45, 2.75) is 6.92 Å². The van der Waals surface area contributed by atoms with Gasteiger partial charge in [-0.2, -0.15) is 0 Å². The molecule has 0 amide bonds. The third-order valence-corrected chi connectivity index (χ3v) is 2.88. The molecule has 0 saturated carbocycles. The van der Waals surface area contributed by atoms with Gasteiger partial charge in [0.25, 0.3) is 0 Å². The molecule has 0 aliphatic rings. The molecular weight excluding hydrogens is 254 g/mol. The van der Waals surface area contributed by atoms with E-state index >= 15 is 0 Å². The Labute approximate surface area is 95.0 Å². The molecule has 0 spiro atoms. The highest BCUT2D eigenvalue weighted by Gasteiger charge is 2.07. The maximum absolute atomic E-state index is 5.63. The van der Waals surface area contributed by atoms with Gasteiger partial charge in [-0.15, -0.1) is 0 Å². The number of rotatable bonds is 0. The van der Waals surface area contributed by atoms with Gasteiger partial charge in [-0.25, -0.2) is 4.98 Å². The average molecular weight is 262 g/mol. The molecule has 0 fully saturated rings. The van der Waals surface area contributed by atoms with Gasteiger partial charge in [0.1, 0.15) is 5.58 Å². The summed E-state index contributed by atoms with van der Waals surface area (Å²) in [6.45, 7) is 2.07. The largest absolute Gasteiger partial charge is 0.438 e. The van der Waals surface area contributed by atoms with Gasteiger partial charge in [0.15, 0.2) is 0 Å². The van der Waals surface area contributed by atoms with E-state index < -0.39 is 0 Å². The second-order valence-corrected chi connectivity index (χ2v) is 4.52. The van der Waals surface area contributed by atoms with Crippen LogP contribution < -0.4 is 0 Å². The number of hydrogen-bond donors (Lipinski definition) is 0. The molecular formula is C12H8BrNO. The van der Waals surface area contributed by atoms with Crippen LogP contribution in [0, 0.1) is 6.92 Å². The highest BCUT2D eigenvalue weighted by molar-refractivity contribution is 9.10. The molecule has 0 saturated heterocycles. The number of hydrogen-bond acceptors (Lipinski definition) is 2. The lowest BCUT2D eigenvalue weighted by Gasteiger charge is -1.91. The van der Waals surface area contributed by atoms with Crippen molar-refractivity contribution in [1.82, 2.24) is 4.98 Å². The molecule has 15 heavy (non-hydrogen) atoms. The maximum Gasteiger partial charge on any atom is 0.227 e. The first-order valence-electron chi connectivity index (χ1n) is 4.68. The summed E-state index contributed by atoms with van der Waals surface area (Å²) in [4.78, 5) is 4.23. The number of benzene rings is 1. The van der Waals surface area contributed by atoms with Crippen LogP contribution in [0.1, 0.15) is 5.56 Å². The number of pyridine rings is 1. The molecule has 3 rings (SSSR count). The molecule has 3 heteroatoms. The van der Waals surface area contributed by atoms with Crippen molar-refractivity contribution in [3.8, 4) is 0 Å². The molecule has 0 radical (unpaired) electrons. The quantitative estimate of drug-likeness (QED) is 0.610. The van der Waals surface area contributed by atoms with E-state index in [1.807, 2.05) is 18.2 Å². The molecule has 0 atom stereocenters. The third-order valence-electron chi connectivity index (χ3n) is 2.45. The number of fused-ring (bicyclic) bond motifs is 3. The zero-order valence-electron chi connectivity index (χ0n) is 8.12. The first-order valence-corrected chi connectivity index (χ1v) is 5.48. The van der Waals surface area contributed by atoms with E-state index in [1.165, 1.54) is 5.56 Å². The molecule has 1 aromatic carbocycles. The molecule has 2 aromatic heterocycles. The number of aryl methyl sites for hydroxylation is 1. The molecule has 3 aromatic rings. The number of aromatic nitrogens is 1. The predicted molar refractivity (Wildman–Crippen MR) is 64.0 cm³/mol. The van der Waals surface area contributed by atoms with E-state index in [-0.39, 0.29) is 0 Å². The van der Waals surface area contributed by atoms with Gasteiger partial charge in [0.05, 0.1) is 0 Å². The lowest BCUT2D eigenvalue weighted by molar-refractivity contribution is 0.654. The van der Waals surface area contributed by atoms with Crippen LogP contribution in [0.3, 0.4) is 0 Å². The lowest BCUT2D eigenvalue weighted by Crippen LogP contribution is -1.73. The Morgan fingerprint density at radius 1 is 1.20 bits per heavy atom. The van der Waals surface area contributed by atoms with Crippen LogP contribution in [0.5, 0.6) is 0 Å². The lowest BCUT2D eigenvalue weighted by atomic mass is 10.1. The Bertz CT molecular complexity index is 601. The summed E-state index contributed by atoms with van der Waals surface area (Å²) >= 11 is 3.42. The Hall–Kier alpha value is -1.35. The topological polar surface area (TPSA) is 26.0 Å². The van der Waals surface area contributed by atoms with Crippen LogP contribution in [0.15, 0.2) is 39.4 Å². The van der Waals surface area contributed by atoms with Crippen molar-refractivity contribution in [2.75, 3.05) is 0 Å². The summed E-state index contributed by atoms with van der Waals surface area (Å²) in [7, 11) is 0. The molecule has 2 heterocycles. The molecule has 0 aliphatic carbocycles. The number of halogens is 1. The smallest absolute Gasteiger partial charge is 0.227 e. The summed E-state index contributed by atoms with van der Waals surface area (Å²) in [5, 5.41) is 2.18. The third kappa shape index (κ3) is 1.35. The summed E-state index contributed by atoms with van der Waals surface area (Å²) in [5.41, 5.74) is 2.81. The van der Waals surface area contributed by atoms with Crippen LogP contribution in [-0.4, -0.2) is 4.98 Å². The van der Waals surface area contributed by atoms with E-state index in [0.29, 0.717) is 5.71 Å². The summed E-state index contributed by atoms with van der Waals surface area (Å²) < 4.78 is 6.60. The zero-order valence-corrected chi connectivity index (χ0v) is 9.71. The SMILES string of the molecule is Cc1ccc2oc3ncc(Br)cc3c2c1. The van der Waals surface area contributed by atoms with Gasteiger partial charge in [0, 0.05) is 21.4 Å². The van der Waals surface area contributed by atoms with Crippen LogP contribution >= 0.6 is 15.9 Å². The second kappa shape index (κ2) is 3.07. The van der Waals surface area contributed by atoms with Crippen LogP contribution in [-0.2, 0) is 0 Å². The first kappa shape index (κ1) is 8.92. The van der Waals surface area contributed by atoms with Crippen molar-refractivity contribution < 1.29 is 4.42 Å². The fourth-order valence-electron chi connectivity index (χ4n) is 1.75. The first-order chi connectivity index (χ1) is 7.24. The van der Waals surface area contributed by atoms with Gasteiger partial charge in [-0.3, -0.25) is 0 Å². The van der Waals surface area contributed by atoms with E-state index in [2.05, 4.69) is 33.9 Å². The van der Waals surface area contributed by atoms with Crippen LogP contribution in [0.25, 0.3) is 22.1 Å². The van der Waals surface area contributed by atoms with Crippen molar-refractivity contribution >= 4 is 38.0 Å². The highest BCUT2D eigenvalue weighted by Crippen LogP contribution is 2.29. The van der Waals surface area contributed by atoms with Crippen molar-refractivity contribution in [2.24, 2.45) is 0 Å². The monoisotopic (exact) mass is 261 g/mol. The van der Waals surface area contributed by atoms with Crippen molar-refractivity contribution in [1.29, 1.82) is 0 Å². The van der Waals surface area contributed by atoms with E-state index in [0.717, 1.165) is 20.8 Å². The van der Waals surface area contributed by atoms with E-state index in [1.54, 1.807) is 6.20 Å². The molecule has 0 aliphatic heterocycles. The number of furan rings is 1. The molecule has 0 N–H and O–H groups in total. The van der Waals surface area contributed by atoms with Crippen molar-refractivity contribution in [3.63, 3.8) is 0 Å².